The van der Waals surface area contributed by atoms with E-state index in [1.165, 1.54) is 23.1 Å². The first kappa shape index (κ1) is 17.8. The summed E-state index contributed by atoms with van der Waals surface area (Å²) in [6.07, 6.45) is 0.299. The van der Waals surface area contributed by atoms with Crippen LogP contribution in [-0.4, -0.2) is 31.4 Å². The number of hydrogen-bond acceptors (Lipinski definition) is 2. The minimum atomic E-state index is -0.629. The molecule has 1 amide bonds. The molecule has 108 valence electrons. The lowest BCUT2D eigenvalue weighted by molar-refractivity contribution is -0.131. The summed E-state index contributed by atoms with van der Waals surface area (Å²) in [6.45, 7) is 2.15. The molecule has 1 unspecified atom stereocenters. The van der Waals surface area contributed by atoms with E-state index in [1.54, 1.807) is 21.0 Å². The minimum Gasteiger partial charge on any atom is -0.339 e. The van der Waals surface area contributed by atoms with Gasteiger partial charge >= 0.3 is 0 Å². The standard InChI is InChI=1S/C13H18F2N2O.ClH/c1-9(17(3)12(18)7-8-16-2)13-10(14)5-4-6-11(13)15;/h4-6,9,16H,7-8H2,1-3H3;1H. The van der Waals surface area contributed by atoms with E-state index < -0.39 is 17.7 Å². The first-order chi connectivity index (χ1) is 8.49. The number of nitrogens with zero attached hydrogens (tertiary/aromatic N) is 1. The van der Waals surface area contributed by atoms with Gasteiger partial charge in [-0.2, -0.15) is 0 Å². The fourth-order valence-corrected chi connectivity index (χ4v) is 1.73. The van der Waals surface area contributed by atoms with Crippen LogP contribution in [-0.2, 0) is 4.79 Å². The Labute approximate surface area is 118 Å². The van der Waals surface area contributed by atoms with E-state index in [2.05, 4.69) is 5.32 Å². The Morgan fingerprint density at radius 3 is 2.37 bits per heavy atom. The van der Waals surface area contributed by atoms with Crippen LogP contribution in [0.4, 0.5) is 8.78 Å². The van der Waals surface area contributed by atoms with Gasteiger partial charge in [0, 0.05) is 25.6 Å². The van der Waals surface area contributed by atoms with E-state index in [9.17, 15) is 13.6 Å². The molecular formula is C13H19ClF2N2O. The largest absolute Gasteiger partial charge is 0.339 e. The van der Waals surface area contributed by atoms with Gasteiger partial charge in [0.15, 0.2) is 0 Å². The van der Waals surface area contributed by atoms with Crippen LogP contribution in [0.3, 0.4) is 0 Å². The predicted octanol–water partition coefficient (Wildman–Crippen LogP) is 2.52. The molecule has 1 aromatic rings. The predicted molar refractivity (Wildman–Crippen MR) is 73.3 cm³/mol. The van der Waals surface area contributed by atoms with E-state index in [0.29, 0.717) is 13.0 Å². The highest BCUT2D eigenvalue weighted by Gasteiger charge is 2.22. The number of carbonyl (C=O) groups is 1. The molecule has 0 aliphatic heterocycles. The van der Waals surface area contributed by atoms with Crippen LogP contribution in [0, 0.1) is 11.6 Å². The van der Waals surface area contributed by atoms with Crippen LogP contribution in [0.1, 0.15) is 24.9 Å². The van der Waals surface area contributed by atoms with E-state index in [1.807, 2.05) is 0 Å². The summed E-state index contributed by atoms with van der Waals surface area (Å²) in [4.78, 5) is 13.1. The van der Waals surface area contributed by atoms with E-state index in [-0.39, 0.29) is 23.9 Å². The molecule has 0 bridgehead atoms. The lowest BCUT2D eigenvalue weighted by Crippen LogP contribution is -2.32. The first-order valence-electron chi connectivity index (χ1n) is 5.83. The molecular weight excluding hydrogens is 274 g/mol. The normalized spacial score (nSPS) is 11.6. The number of benzene rings is 1. The molecule has 19 heavy (non-hydrogen) atoms. The smallest absolute Gasteiger partial charge is 0.224 e. The highest BCUT2D eigenvalue weighted by molar-refractivity contribution is 5.85. The topological polar surface area (TPSA) is 32.3 Å². The molecule has 0 heterocycles. The Morgan fingerprint density at radius 1 is 1.37 bits per heavy atom. The summed E-state index contributed by atoms with van der Waals surface area (Å²) in [5.41, 5.74) is -0.0715. The third-order valence-corrected chi connectivity index (χ3v) is 2.98. The molecule has 3 nitrogen and oxygen atoms in total. The number of nitrogens with one attached hydrogen (secondary N) is 1. The summed E-state index contributed by atoms with van der Waals surface area (Å²) in [7, 11) is 3.29. The second-order valence-corrected chi connectivity index (χ2v) is 4.17. The molecule has 0 aromatic heterocycles. The first-order valence-corrected chi connectivity index (χ1v) is 5.83. The lowest BCUT2D eigenvalue weighted by Gasteiger charge is -2.26. The van der Waals surface area contributed by atoms with Crippen molar-refractivity contribution in [2.75, 3.05) is 20.6 Å². The van der Waals surface area contributed by atoms with Gasteiger partial charge in [-0.3, -0.25) is 4.79 Å². The fraction of sp³-hybridized carbons (Fsp3) is 0.462. The molecule has 1 N–H and O–H groups in total. The quantitative estimate of drug-likeness (QED) is 0.904. The van der Waals surface area contributed by atoms with Crippen molar-refractivity contribution in [3.05, 3.63) is 35.4 Å². The zero-order chi connectivity index (χ0) is 13.7. The summed E-state index contributed by atoms with van der Waals surface area (Å²) < 4.78 is 27.2. The molecule has 6 heteroatoms. The molecule has 1 aromatic carbocycles. The van der Waals surface area contributed by atoms with E-state index in [4.69, 9.17) is 0 Å². The number of carbonyl (C=O) groups excluding carboxylic acids is 1. The minimum absolute atomic E-state index is 0. The molecule has 1 rings (SSSR count). The van der Waals surface area contributed by atoms with Crippen LogP contribution in [0.25, 0.3) is 0 Å². The zero-order valence-corrected chi connectivity index (χ0v) is 12.1. The number of hydrogen-bond donors (Lipinski definition) is 1. The van der Waals surface area contributed by atoms with Crippen molar-refractivity contribution in [3.8, 4) is 0 Å². The molecule has 0 saturated carbocycles. The van der Waals surface area contributed by atoms with Crippen LogP contribution in [0.5, 0.6) is 0 Å². The van der Waals surface area contributed by atoms with Gasteiger partial charge in [-0.25, -0.2) is 8.78 Å². The Kier molecular flexibility index (Phi) is 7.56. The van der Waals surface area contributed by atoms with E-state index in [0.717, 1.165) is 0 Å². The van der Waals surface area contributed by atoms with Crippen molar-refractivity contribution < 1.29 is 13.6 Å². The maximum absolute atomic E-state index is 13.6. The van der Waals surface area contributed by atoms with Crippen molar-refractivity contribution in [2.45, 2.75) is 19.4 Å². The van der Waals surface area contributed by atoms with Gasteiger partial charge < -0.3 is 10.2 Å². The van der Waals surface area contributed by atoms with Gasteiger partial charge in [0.25, 0.3) is 0 Å². The van der Waals surface area contributed by atoms with Gasteiger partial charge in [-0.05, 0) is 26.1 Å². The molecule has 0 radical (unpaired) electrons. The van der Waals surface area contributed by atoms with Crippen molar-refractivity contribution in [1.82, 2.24) is 10.2 Å². The number of amides is 1. The third kappa shape index (κ3) is 4.44. The van der Waals surface area contributed by atoms with Crippen LogP contribution in [0.15, 0.2) is 18.2 Å². The average Bonchev–Trinajstić information content (AvgIpc) is 2.34. The Hall–Kier alpha value is -1.20. The molecule has 0 fully saturated rings. The van der Waals surface area contributed by atoms with Gasteiger partial charge in [-0.15, -0.1) is 12.4 Å². The summed E-state index contributed by atoms with van der Waals surface area (Å²) >= 11 is 0. The van der Waals surface area contributed by atoms with Crippen molar-refractivity contribution in [3.63, 3.8) is 0 Å². The van der Waals surface area contributed by atoms with Gasteiger partial charge in [0.2, 0.25) is 5.91 Å². The Morgan fingerprint density at radius 2 is 1.89 bits per heavy atom. The number of rotatable bonds is 5. The van der Waals surface area contributed by atoms with Gasteiger partial charge in [-0.1, -0.05) is 6.07 Å². The molecule has 0 saturated heterocycles. The third-order valence-electron chi connectivity index (χ3n) is 2.98. The Bertz CT molecular complexity index is 409. The summed E-state index contributed by atoms with van der Waals surface area (Å²) in [6, 6.07) is 3.07. The maximum atomic E-state index is 13.6. The van der Waals surface area contributed by atoms with Crippen LogP contribution >= 0.6 is 12.4 Å². The summed E-state index contributed by atoms with van der Waals surface area (Å²) in [5, 5.41) is 2.86. The second kappa shape index (κ2) is 8.07. The average molecular weight is 293 g/mol. The highest BCUT2D eigenvalue weighted by atomic mass is 35.5. The highest BCUT2D eigenvalue weighted by Crippen LogP contribution is 2.24. The lowest BCUT2D eigenvalue weighted by atomic mass is 10.1. The van der Waals surface area contributed by atoms with Gasteiger partial charge in [0.1, 0.15) is 11.6 Å². The maximum Gasteiger partial charge on any atom is 0.224 e. The molecule has 0 spiro atoms. The molecule has 0 aliphatic rings. The van der Waals surface area contributed by atoms with E-state index >= 15 is 0 Å². The van der Waals surface area contributed by atoms with Crippen molar-refractivity contribution in [1.29, 1.82) is 0 Å². The van der Waals surface area contributed by atoms with Crippen molar-refractivity contribution in [2.24, 2.45) is 0 Å². The number of halogens is 3. The monoisotopic (exact) mass is 292 g/mol. The second-order valence-electron chi connectivity index (χ2n) is 4.17. The molecule has 1 atom stereocenters. The van der Waals surface area contributed by atoms with Gasteiger partial charge in [0.05, 0.1) is 6.04 Å². The zero-order valence-electron chi connectivity index (χ0n) is 11.2. The Balaban J connectivity index is 0.00000324. The van der Waals surface area contributed by atoms with Crippen molar-refractivity contribution >= 4 is 18.3 Å². The summed E-state index contributed by atoms with van der Waals surface area (Å²) in [5.74, 6) is -1.41. The van der Waals surface area contributed by atoms with Crippen LogP contribution in [0.2, 0.25) is 0 Å². The SMILES string of the molecule is CNCCC(=O)N(C)C(C)c1c(F)cccc1F.Cl. The molecule has 0 aliphatic carbocycles. The van der Waals surface area contributed by atoms with Crippen LogP contribution < -0.4 is 5.32 Å². The fourth-order valence-electron chi connectivity index (χ4n) is 1.73.